The van der Waals surface area contributed by atoms with Crippen molar-refractivity contribution in [1.82, 2.24) is 10.1 Å². The minimum Gasteiger partial charge on any atom is -0.496 e. The molecule has 0 aliphatic carbocycles. The third kappa shape index (κ3) is 3.53. The molecule has 21 heavy (non-hydrogen) atoms. The van der Waals surface area contributed by atoms with Crippen molar-refractivity contribution in [3.05, 3.63) is 29.0 Å². The van der Waals surface area contributed by atoms with Gasteiger partial charge in [0.15, 0.2) is 5.82 Å². The molecule has 0 aliphatic heterocycles. The Labute approximate surface area is 128 Å². The standard InChI is InChI=1S/C14H18ClN3O3/c1-4-20-8-14(2,16)13-17-12(21-18-13)10-7-9(15)5-6-11(10)19-3/h5-7H,4,8,16H2,1-3H3. The summed E-state index contributed by atoms with van der Waals surface area (Å²) in [5.74, 6) is 1.27. The molecule has 0 amide bonds. The summed E-state index contributed by atoms with van der Waals surface area (Å²) in [5, 5.41) is 4.48. The lowest BCUT2D eigenvalue weighted by molar-refractivity contribution is 0.0962. The summed E-state index contributed by atoms with van der Waals surface area (Å²) in [4.78, 5) is 4.33. The van der Waals surface area contributed by atoms with E-state index in [4.69, 9.17) is 31.3 Å². The van der Waals surface area contributed by atoms with E-state index in [1.807, 2.05) is 6.92 Å². The van der Waals surface area contributed by atoms with Crippen molar-refractivity contribution in [2.45, 2.75) is 19.4 Å². The van der Waals surface area contributed by atoms with E-state index in [9.17, 15) is 0 Å². The number of halogens is 1. The van der Waals surface area contributed by atoms with Crippen LogP contribution in [0.25, 0.3) is 11.5 Å². The predicted molar refractivity (Wildman–Crippen MR) is 79.3 cm³/mol. The highest BCUT2D eigenvalue weighted by molar-refractivity contribution is 6.30. The summed E-state index contributed by atoms with van der Waals surface area (Å²) in [5.41, 5.74) is 5.94. The average molecular weight is 312 g/mol. The van der Waals surface area contributed by atoms with Gasteiger partial charge < -0.3 is 19.7 Å². The van der Waals surface area contributed by atoms with Crippen molar-refractivity contribution in [1.29, 1.82) is 0 Å². The highest BCUT2D eigenvalue weighted by Crippen LogP contribution is 2.32. The minimum absolute atomic E-state index is 0.301. The molecule has 1 atom stereocenters. The van der Waals surface area contributed by atoms with Gasteiger partial charge in [-0.25, -0.2) is 0 Å². The van der Waals surface area contributed by atoms with Gasteiger partial charge in [0.25, 0.3) is 5.89 Å². The van der Waals surface area contributed by atoms with Gasteiger partial charge in [0.05, 0.1) is 19.3 Å². The number of rotatable bonds is 6. The molecule has 7 heteroatoms. The van der Waals surface area contributed by atoms with Gasteiger partial charge in [-0.2, -0.15) is 4.98 Å². The first-order chi connectivity index (χ1) is 9.97. The molecule has 1 aromatic carbocycles. The molecule has 0 aliphatic rings. The summed E-state index contributed by atoms with van der Waals surface area (Å²) in [6.07, 6.45) is 0. The van der Waals surface area contributed by atoms with Gasteiger partial charge >= 0.3 is 0 Å². The zero-order valence-corrected chi connectivity index (χ0v) is 13.0. The van der Waals surface area contributed by atoms with E-state index >= 15 is 0 Å². The Kier molecular flexibility index (Phi) is 4.82. The summed E-state index contributed by atoms with van der Waals surface area (Å²) in [7, 11) is 1.56. The first-order valence-electron chi connectivity index (χ1n) is 6.52. The molecule has 1 heterocycles. The van der Waals surface area contributed by atoms with Crippen molar-refractivity contribution in [3.8, 4) is 17.2 Å². The van der Waals surface area contributed by atoms with Crippen LogP contribution in [-0.2, 0) is 10.3 Å². The smallest absolute Gasteiger partial charge is 0.261 e. The highest BCUT2D eigenvalue weighted by Gasteiger charge is 2.28. The number of hydrogen-bond donors (Lipinski definition) is 1. The lowest BCUT2D eigenvalue weighted by Gasteiger charge is -2.19. The number of aromatic nitrogens is 2. The topological polar surface area (TPSA) is 83.4 Å². The van der Waals surface area contributed by atoms with E-state index < -0.39 is 5.54 Å². The number of hydrogen-bond acceptors (Lipinski definition) is 6. The fraction of sp³-hybridized carbons (Fsp3) is 0.429. The summed E-state index contributed by atoms with van der Waals surface area (Å²) in [6, 6.07) is 5.17. The Morgan fingerprint density at radius 2 is 2.19 bits per heavy atom. The first-order valence-corrected chi connectivity index (χ1v) is 6.90. The maximum absolute atomic E-state index is 6.15. The molecule has 0 radical (unpaired) electrons. The molecule has 2 rings (SSSR count). The number of nitrogens with zero attached hydrogens (tertiary/aromatic N) is 2. The normalized spacial score (nSPS) is 14.0. The van der Waals surface area contributed by atoms with Crippen molar-refractivity contribution in [3.63, 3.8) is 0 Å². The van der Waals surface area contributed by atoms with Gasteiger partial charge in [0.2, 0.25) is 0 Å². The van der Waals surface area contributed by atoms with Crippen LogP contribution in [0.5, 0.6) is 5.75 Å². The molecule has 0 saturated heterocycles. The first kappa shape index (κ1) is 15.8. The van der Waals surface area contributed by atoms with Crippen LogP contribution in [0, 0.1) is 0 Å². The monoisotopic (exact) mass is 311 g/mol. The Morgan fingerprint density at radius 1 is 1.43 bits per heavy atom. The van der Waals surface area contributed by atoms with Crippen LogP contribution >= 0.6 is 11.6 Å². The van der Waals surface area contributed by atoms with Gasteiger partial charge in [-0.05, 0) is 32.0 Å². The molecule has 0 fully saturated rings. The summed E-state index contributed by atoms with van der Waals surface area (Å²) >= 11 is 6.00. The van der Waals surface area contributed by atoms with Gasteiger partial charge in [-0.3, -0.25) is 0 Å². The number of benzene rings is 1. The van der Waals surface area contributed by atoms with Crippen molar-refractivity contribution in [2.24, 2.45) is 5.73 Å². The minimum atomic E-state index is -0.830. The second kappa shape index (κ2) is 6.43. The van der Waals surface area contributed by atoms with Gasteiger partial charge in [0.1, 0.15) is 11.3 Å². The zero-order valence-electron chi connectivity index (χ0n) is 12.2. The molecule has 2 aromatic rings. The maximum Gasteiger partial charge on any atom is 0.261 e. The number of ether oxygens (including phenoxy) is 2. The molecular weight excluding hydrogens is 294 g/mol. The second-order valence-corrected chi connectivity index (χ2v) is 5.26. The molecule has 2 N–H and O–H groups in total. The Hall–Kier alpha value is -1.63. The van der Waals surface area contributed by atoms with Crippen LogP contribution in [0.3, 0.4) is 0 Å². The van der Waals surface area contributed by atoms with E-state index in [1.165, 1.54) is 0 Å². The van der Waals surface area contributed by atoms with E-state index in [1.54, 1.807) is 32.2 Å². The van der Waals surface area contributed by atoms with Crippen molar-refractivity contribution in [2.75, 3.05) is 20.3 Å². The van der Waals surface area contributed by atoms with Crippen molar-refractivity contribution >= 4 is 11.6 Å². The van der Waals surface area contributed by atoms with E-state index in [2.05, 4.69) is 10.1 Å². The molecular formula is C14H18ClN3O3. The van der Waals surface area contributed by atoms with Crippen LogP contribution in [0.1, 0.15) is 19.7 Å². The van der Waals surface area contributed by atoms with Gasteiger partial charge in [-0.1, -0.05) is 16.8 Å². The van der Waals surface area contributed by atoms with Crippen LogP contribution in [0.2, 0.25) is 5.02 Å². The summed E-state index contributed by atoms with van der Waals surface area (Å²) in [6.45, 7) is 4.55. The van der Waals surface area contributed by atoms with E-state index in [0.717, 1.165) is 0 Å². The highest BCUT2D eigenvalue weighted by atomic mass is 35.5. The zero-order chi connectivity index (χ0) is 15.5. The average Bonchev–Trinajstić information content (AvgIpc) is 2.95. The molecule has 0 spiro atoms. The molecule has 6 nitrogen and oxygen atoms in total. The fourth-order valence-corrected chi connectivity index (χ4v) is 1.96. The SMILES string of the molecule is CCOCC(C)(N)c1noc(-c2cc(Cl)ccc2OC)n1. The largest absolute Gasteiger partial charge is 0.496 e. The van der Waals surface area contributed by atoms with Crippen LogP contribution in [0.15, 0.2) is 22.7 Å². The molecule has 0 saturated carbocycles. The second-order valence-electron chi connectivity index (χ2n) is 4.82. The van der Waals surface area contributed by atoms with Gasteiger partial charge in [0, 0.05) is 11.6 Å². The lowest BCUT2D eigenvalue weighted by Crippen LogP contribution is -2.39. The molecule has 0 bridgehead atoms. The Balaban J connectivity index is 2.34. The third-order valence-corrected chi connectivity index (χ3v) is 3.17. The molecule has 114 valence electrons. The fourth-order valence-electron chi connectivity index (χ4n) is 1.79. The Bertz CT molecular complexity index is 613. The quantitative estimate of drug-likeness (QED) is 0.883. The molecule has 1 aromatic heterocycles. The number of methoxy groups -OCH3 is 1. The van der Waals surface area contributed by atoms with Crippen LogP contribution < -0.4 is 10.5 Å². The third-order valence-electron chi connectivity index (χ3n) is 2.93. The maximum atomic E-state index is 6.15. The van der Waals surface area contributed by atoms with Crippen molar-refractivity contribution < 1.29 is 14.0 Å². The van der Waals surface area contributed by atoms with E-state index in [0.29, 0.717) is 41.3 Å². The summed E-state index contributed by atoms with van der Waals surface area (Å²) < 4.78 is 15.9. The Morgan fingerprint density at radius 3 is 2.86 bits per heavy atom. The van der Waals surface area contributed by atoms with Crippen LogP contribution in [-0.4, -0.2) is 30.5 Å². The lowest BCUT2D eigenvalue weighted by atomic mass is 10.1. The van der Waals surface area contributed by atoms with E-state index in [-0.39, 0.29) is 0 Å². The van der Waals surface area contributed by atoms with Gasteiger partial charge in [-0.15, -0.1) is 0 Å². The predicted octanol–water partition coefficient (Wildman–Crippen LogP) is 2.61. The van der Waals surface area contributed by atoms with Crippen LogP contribution in [0.4, 0.5) is 0 Å². The molecule has 1 unspecified atom stereocenters. The number of nitrogens with two attached hydrogens (primary N) is 1.